The number of para-hydroxylation sites is 1. The van der Waals surface area contributed by atoms with Crippen LogP contribution in [-0.2, 0) is 4.79 Å². The van der Waals surface area contributed by atoms with Crippen molar-refractivity contribution < 1.29 is 9.53 Å². The maximum absolute atomic E-state index is 13.4. The van der Waals surface area contributed by atoms with Crippen LogP contribution in [0.2, 0.25) is 5.02 Å². The third kappa shape index (κ3) is 4.56. The second kappa shape index (κ2) is 9.15. The zero-order valence-corrected chi connectivity index (χ0v) is 18.3. The molecule has 160 valence electrons. The first-order valence-corrected chi connectivity index (χ1v) is 10.8. The summed E-state index contributed by atoms with van der Waals surface area (Å²) in [4.78, 5) is 19.8. The molecule has 5 rings (SSSR count). The number of anilines is 1. The Bertz CT molecular complexity index is 1350. The van der Waals surface area contributed by atoms with E-state index in [1.54, 1.807) is 23.1 Å². The molecule has 0 atom stereocenters. The maximum atomic E-state index is 13.4. The molecule has 1 amide bonds. The lowest BCUT2D eigenvalue weighted by atomic mass is 10.1. The van der Waals surface area contributed by atoms with Crippen LogP contribution >= 0.6 is 11.6 Å². The average molecular weight is 451 g/mol. The maximum Gasteiger partial charge on any atom is 0.282 e. The molecule has 33 heavy (non-hydrogen) atoms. The molecule has 0 fully saturated rings. The SMILES string of the molecule is O=C1C(=Cc2cccc(Oc3ccccc3)c2)N=C(c2ccccc2)N1c1ccc(Cl)cc1. The van der Waals surface area contributed by atoms with Gasteiger partial charge in [-0.15, -0.1) is 0 Å². The van der Waals surface area contributed by atoms with Gasteiger partial charge < -0.3 is 4.74 Å². The molecule has 0 N–H and O–H groups in total. The summed E-state index contributed by atoms with van der Waals surface area (Å²) in [7, 11) is 0. The second-order valence-corrected chi connectivity index (χ2v) is 7.87. The summed E-state index contributed by atoms with van der Waals surface area (Å²) in [6, 6.07) is 34.0. The van der Waals surface area contributed by atoms with Crippen molar-refractivity contribution in [2.45, 2.75) is 0 Å². The van der Waals surface area contributed by atoms with E-state index >= 15 is 0 Å². The fourth-order valence-electron chi connectivity index (χ4n) is 3.58. The molecular formula is C28H19ClN2O2. The van der Waals surface area contributed by atoms with Crippen molar-refractivity contribution in [1.82, 2.24) is 0 Å². The lowest BCUT2D eigenvalue weighted by molar-refractivity contribution is -0.113. The van der Waals surface area contributed by atoms with Gasteiger partial charge in [-0.1, -0.05) is 72.3 Å². The lowest BCUT2D eigenvalue weighted by Crippen LogP contribution is -2.32. The summed E-state index contributed by atoms with van der Waals surface area (Å²) in [6.45, 7) is 0. The van der Waals surface area contributed by atoms with Crippen LogP contribution in [0.15, 0.2) is 120 Å². The standard InChI is InChI=1S/C28H19ClN2O2/c29-22-14-16-23(17-15-22)31-27(21-9-3-1-4-10-21)30-26(28(31)32)19-20-8-7-13-25(18-20)33-24-11-5-2-6-12-24/h1-19H. The van der Waals surface area contributed by atoms with Crippen LogP contribution in [-0.4, -0.2) is 11.7 Å². The zero-order chi connectivity index (χ0) is 22.6. The Morgan fingerprint density at radius 3 is 2.15 bits per heavy atom. The van der Waals surface area contributed by atoms with E-state index in [2.05, 4.69) is 0 Å². The van der Waals surface area contributed by atoms with E-state index in [0.29, 0.717) is 28.0 Å². The highest BCUT2D eigenvalue weighted by Crippen LogP contribution is 2.30. The van der Waals surface area contributed by atoms with Gasteiger partial charge in [0.25, 0.3) is 5.91 Å². The van der Waals surface area contributed by atoms with E-state index < -0.39 is 0 Å². The van der Waals surface area contributed by atoms with Gasteiger partial charge in [-0.2, -0.15) is 0 Å². The Kier molecular flexibility index (Phi) is 5.75. The van der Waals surface area contributed by atoms with Gasteiger partial charge in [0.2, 0.25) is 0 Å². The topological polar surface area (TPSA) is 41.9 Å². The van der Waals surface area contributed by atoms with E-state index in [1.807, 2.05) is 97.1 Å². The minimum absolute atomic E-state index is 0.203. The minimum Gasteiger partial charge on any atom is -0.457 e. The van der Waals surface area contributed by atoms with Crippen LogP contribution in [0.4, 0.5) is 5.69 Å². The molecule has 1 aliphatic rings. The van der Waals surface area contributed by atoms with Crippen LogP contribution in [0.1, 0.15) is 11.1 Å². The van der Waals surface area contributed by atoms with E-state index in [4.69, 9.17) is 21.3 Å². The van der Waals surface area contributed by atoms with Gasteiger partial charge in [0.1, 0.15) is 23.0 Å². The molecule has 5 heteroatoms. The van der Waals surface area contributed by atoms with Crippen molar-refractivity contribution in [3.05, 3.63) is 131 Å². The number of amidine groups is 1. The minimum atomic E-state index is -0.203. The monoisotopic (exact) mass is 450 g/mol. The first-order valence-electron chi connectivity index (χ1n) is 10.5. The summed E-state index contributed by atoms with van der Waals surface area (Å²) in [6.07, 6.45) is 1.78. The summed E-state index contributed by atoms with van der Waals surface area (Å²) >= 11 is 6.06. The van der Waals surface area contributed by atoms with Gasteiger partial charge in [-0.05, 0) is 60.2 Å². The first kappa shape index (κ1) is 20.7. The van der Waals surface area contributed by atoms with Crippen LogP contribution < -0.4 is 9.64 Å². The van der Waals surface area contributed by atoms with Gasteiger partial charge in [0.05, 0.1) is 5.69 Å². The van der Waals surface area contributed by atoms with Crippen LogP contribution in [0, 0.1) is 0 Å². The second-order valence-electron chi connectivity index (χ2n) is 7.44. The third-order valence-electron chi connectivity index (χ3n) is 5.12. The molecule has 0 bridgehead atoms. The molecule has 4 aromatic rings. The molecule has 1 aliphatic heterocycles. The first-order chi connectivity index (χ1) is 16.2. The quantitative estimate of drug-likeness (QED) is 0.308. The number of nitrogens with zero attached hydrogens (tertiary/aromatic N) is 2. The predicted molar refractivity (Wildman–Crippen MR) is 133 cm³/mol. The predicted octanol–water partition coefficient (Wildman–Crippen LogP) is 6.97. The van der Waals surface area contributed by atoms with Gasteiger partial charge in [0.15, 0.2) is 0 Å². The fourth-order valence-corrected chi connectivity index (χ4v) is 3.70. The number of amides is 1. The van der Waals surface area contributed by atoms with E-state index in [9.17, 15) is 4.79 Å². The van der Waals surface area contributed by atoms with E-state index in [-0.39, 0.29) is 5.91 Å². The van der Waals surface area contributed by atoms with Crippen molar-refractivity contribution >= 4 is 35.1 Å². The molecule has 0 aromatic heterocycles. The number of carbonyl (C=O) groups excluding carboxylic acids is 1. The van der Waals surface area contributed by atoms with Crippen molar-refractivity contribution in [3.8, 4) is 11.5 Å². The Balaban J connectivity index is 1.51. The number of hydrogen-bond donors (Lipinski definition) is 0. The summed E-state index contributed by atoms with van der Waals surface area (Å²) < 4.78 is 5.93. The summed E-state index contributed by atoms with van der Waals surface area (Å²) in [5, 5.41) is 0.606. The van der Waals surface area contributed by atoms with Crippen LogP contribution in [0.25, 0.3) is 6.08 Å². The number of hydrogen-bond acceptors (Lipinski definition) is 3. The Hall–Kier alpha value is -4.15. The third-order valence-corrected chi connectivity index (χ3v) is 5.37. The van der Waals surface area contributed by atoms with Gasteiger partial charge in [-0.25, -0.2) is 4.99 Å². The number of rotatable bonds is 5. The number of carbonyl (C=O) groups is 1. The smallest absolute Gasteiger partial charge is 0.282 e. The highest BCUT2D eigenvalue weighted by molar-refractivity contribution is 6.33. The summed E-state index contributed by atoms with van der Waals surface area (Å²) in [5.41, 5.74) is 2.73. The number of halogens is 1. The van der Waals surface area contributed by atoms with Crippen molar-refractivity contribution in [2.75, 3.05) is 4.90 Å². The molecule has 0 unspecified atom stereocenters. The Labute approximate surface area is 197 Å². The van der Waals surface area contributed by atoms with Gasteiger partial charge in [-0.3, -0.25) is 9.69 Å². The highest BCUT2D eigenvalue weighted by Gasteiger charge is 2.32. The molecule has 0 saturated carbocycles. The fraction of sp³-hybridized carbons (Fsp3) is 0. The summed E-state index contributed by atoms with van der Waals surface area (Å²) in [5.74, 6) is 1.80. The number of aliphatic imine (C=N–C) groups is 1. The Morgan fingerprint density at radius 1 is 0.758 bits per heavy atom. The Morgan fingerprint density at radius 2 is 1.42 bits per heavy atom. The molecule has 0 saturated heterocycles. The van der Waals surface area contributed by atoms with Gasteiger partial charge in [0, 0.05) is 10.6 Å². The van der Waals surface area contributed by atoms with Crippen LogP contribution in [0.3, 0.4) is 0 Å². The molecule has 4 aromatic carbocycles. The number of benzene rings is 4. The highest BCUT2D eigenvalue weighted by atomic mass is 35.5. The average Bonchev–Trinajstić information content (AvgIpc) is 3.17. The number of ether oxygens (including phenoxy) is 1. The molecule has 1 heterocycles. The normalized spacial score (nSPS) is 14.5. The van der Waals surface area contributed by atoms with Crippen molar-refractivity contribution in [1.29, 1.82) is 0 Å². The van der Waals surface area contributed by atoms with Crippen molar-refractivity contribution in [3.63, 3.8) is 0 Å². The molecule has 0 radical (unpaired) electrons. The molecule has 4 nitrogen and oxygen atoms in total. The molecule has 0 spiro atoms. The van der Waals surface area contributed by atoms with Crippen LogP contribution in [0.5, 0.6) is 11.5 Å². The molecular weight excluding hydrogens is 432 g/mol. The zero-order valence-electron chi connectivity index (χ0n) is 17.6. The van der Waals surface area contributed by atoms with E-state index in [1.165, 1.54) is 0 Å². The van der Waals surface area contributed by atoms with Gasteiger partial charge >= 0.3 is 0 Å². The van der Waals surface area contributed by atoms with E-state index in [0.717, 1.165) is 16.9 Å². The lowest BCUT2D eigenvalue weighted by Gasteiger charge is -2.18. The van der Waals surface area contributed by atoms with Crippen molar-refractivity contribution in [2.24, 2.45) is 4.99 Å². The molecule has 0 aliphatic carbocycles. The largest absolute Gasteiger partial charge is 0.457 e.